The third kappa shape index (κ3) is 4.30. The highest BCUT2D eigenvalue weighted by atomic mass is 79.9. The lowest BCUT2D eigenvalue weighted by Crippen LogP contribution is -2.39. The number of likely N-dealkylation sites (tertiary alicyclic amines) is 1. The number of unbranched alkanes of at least 4 members (excludes halogenated alkanes) is 1. The second-order valence-corrected chi connectivity index (χ2v) is 6.40. The third-order valence-electron chi connectivity index (χ3n) is 4.10. The van der Waals surface area contributed by atoms with Gasteiger partial charge in [0.25, 0.3) is 5.56 Å². The normalized spacial score (nSPS) is 17.1. The van der Waals surface area contributed by atoms with Crippen molar-refractivity contribution < 1.29 is 0 Å². The van der Waals surface area contributed by atoms with E-state index in [0.29, 0.717) is 17.1 Å². The largest absolute Gasteiger partial charge is 0.380 e. The van der Waals surface area contributed by atoms with Gasteiger partial charge in [-0.3, -0.25) is 4.79 Å². The van der Waals surface area contributed by atoms with Crippen molar-refractivity contribution in [1.82, 2.24) is 14.7 Å². The SMILES string of the molecule is CCCCn1ncc(NC2CCN(CC)CC2)c(Br)c1=O. The Labute approximate surface area is 134 Å². The zero-order valence-corrected chi connectivity index (χ0v) is 14.5. The minimum atomic E-state index is -0.0422. The molecule has 1 saturated heterocycles. The zero-order chi connectivity index (χ0) is 15.2. The molecule has 1 aromatic rings. The average Bonchev–Trinajstić information content (AvgIpc) is 2.52. The fraction of sp³-hybridized carbons (Fsp3) is 0.733. The van der Waals surface area contributed by atoms with Crippen LogP contribution < -0.4 is 10.9 Å². The van der Waals surface area contributed by atoms with Crippen LogP contribution in [0.15, 0.2) is 15.5 Å². The van der Waals surface area contributed by atoms with Crippen LogP contribution in [0.4, 0.5) is 5.69 Å². The topological polar surface area (TPSA) is 50.2 Å². The van der Waals surface area contributed by atoms with Crippen molar-refractivity contribution >= 4 is 21.6 Å². The minimum absolute atomic E-state index is 0.0422. The van der Waals surface area contributed by atoms with Crippen LogP contribution in [-0.4, -0.2) is 40.4 Å². The summed E-state index contributed by atoms with van der Waals surface area (Å²) < 4.78 is 2.14. The summed E-state index contributed by atoms with van der Waals surface area (Å²) in [6.07, 6.45) is 6.02. The Kier molecular flexibility index (Phi) is 6.23. The second-order valence-electron chi connectivity index (χ2n) is 5.61. The van der Waals surface area contributed by atoms with E-state index in [1.807, 2.05) is 0 Å². The minimum Gasteiger partial charge on any atom is -0.380 e. The van der Waals surface area contributed by atoms with E-state index in [1.165, 1.54) is 0 Å². The lowest BCUT2D eigenvalue weighted by atomic mass is 10.1. The van der Waals surface area contributed by atoms with Crippen molar-refractivity contribution in [1.29, 1.82) is 0 Å². The predicted octanol–water partition coefficient (Wildman–Crippen LogP) is 2.70. The van der Waals surface area contributed by atoms with Crippen LogP contribution in [0, 0.1) is 0 Å². The lowest BCUT2D eigenvalue weighted by molar-refractivity contribution is 0.229. The van der Waals surface area contributed by atoms with Gasteiger partial charge in [-0.25, -0.2) is 4.68 Å². The molecule has 0 unspecified atom stereocenters. The van der Waals surface area contributed by atoms with Gasteiger partial charge >= 0.3 is 0 Å². The molecule has 0 spiro atoms. The van der Waals surface area contributed by atoms with E-state index >= 15 is 0 Å². The monoisotopic (exact) mass is 356 g/mol. The van der Waals surface area contributed by atoms with Gasteiger partial charge in [0.1, 0.15) is 4.47 Å². The summed E-state index contributed by atoms with van der Waals surface area (Å²) in [4.78, 5) is 14.7. The molecule has 0 amide bonds. The van der Waals surface area contributed by atoms with Gasteiger partial charge in [0, 0.05) is 25.7 Å². The van der Waals surface area contributed by atoms with Gasteiger partial charge in [-0.2, -0.15) is 5.10 Å². The summed E-state index contributed by atoms with van der Waals surface area (Å²) in [7, 11) is 0. The molecule has 1 fully saturated rings. The van der Waals surface area contributed by atoms with Gasteiger partial charge in [-0.15, -0.1) is 0 Å². The molecular weight excluding hydrogens is 332 g/mol. The highest BCUT2D eigenvalue weighted by Gasteiger charge is 2.19. The number of rotatable bonds is 6. The fourth-order valence-corrected chi connectivity index (χ4v) is 3.07. The Morgan fingerprint density at radius 2 is 2.10 bits per heavy atom. The molecule has 21 heavy (non-hydrogen) atoms. The molecule has 1 aromatic heterocycles. The van der Waals surface area contributed by atoms with Gasteiger partial charge in [-0.05, 0) is 41.7 Å². The number of aromatic nitrogens is 2. The summed E-state index contributed by atoms with van der Waals surface area (Å²) in [6.45, 7) is 8.34. The van der Waals surface area contributed by atoms with E-state index < -0.39 is 0 Å². The van der Waals surface area contributed by atoms with E-state index in [1.54, 1.807) is 10.9 Å². The molecule has 118 valence electrons. The average molecular weight is 357 g/mol. The Balaban J connectivity index is 2.01. The molecule has 0 radical (unpaired) electrons. The Bertz CT molecular complexity index is 509. The smallest absolute Gasteiger partial charge is 0.283 e. The second kappa shape index (κ2) is 7.94. The van der Waals surface area contributed by atoms with Crippen molar-refractivity contribution in [2.75, 3.05) is 25.0 Å². The van der Waals surface area contributed by atoms with Crippen molar-refractivity contribution in [3.05, 3.63) is 21.0 Å². The fourth-order valence-electron chi connectivity index (χ4n) is 2.65. The highest BCUT2D eigenvalue weighted by Crippen LogP contribution is 2.21. The molecule has 6 heteroatoms. The Hall–Kier alpha value is -0.880. The molecule has 0 aromatic carbocycles. The predicted molar refractivity (Wildman–Crippen MR) is 89.9 cm³/mol. The van der Waals surface area contributed by atoms with Crippen LogP contribution in [0.3, 0.4) is 0 Å². The molecular formula is C15H25BrN4O. The summed E-state index contributed by atoms with van der Waals surface area (Å²) in [6, 6.07) is 0.428. The zero-order valence-electron chi connectivity index (χ0n) is 12.9. The molecule has 0 aliphatic carbocycles. The Morgan fingerprint density at radius 3 is 2.71 bits per heavy atom. The first kappa shape index (κ1) is 16.5. The van der Waals surface area contributed by atoms with Crippen LogP contribution in [-0.2, 0) is 6.54 Å². The maximum atomic E-state index is 12.2. The van der Waals surface area contributed by atoms with Gasteiger partial charge in [0.15, 0.2) is 0 Å². The van der Waals surface area contributed by atoms with E-state index in [0.717, 1.165) is 51.0 Å². The van der Waals surface area contributed by atoms with Crippen molar-refractivity contribution in [2.24, 2.45) is 0 Å². The first-order valence-electron chi connectivity index (χ1n) is 7.90. The maximum absolute atomic E-state index is 12.2. The summed E-state index contributed by atoms with van der Waals surface area (Å²) in [5.74, 6) is 0. The van der Waals surface area contributed by atoms with Crippen molar-refractivity contribution in [2.45, 2.75) is 52.1 Å². The van der Waals surface area contributed by atoms with E-state index in [2.05, 4.69) is 45.1 Å². The number of piperidine rings is 1. The van der Waals surface area contributed by atoms with Gasteiger partial charge in [0.05, 0.1) is 11.9 Å². The molecule has 1 aliphatic heterocycles. The van der Waals surface area contributed by atoms with Crippen LogP contribution in [0.25, 0.3) is 0 Å². The third-order valence-corrected chi connectivity index (χ3v) is 4.87. The first-order valence-corrected chi connectivity index (χ1v) is 8.69. The number of anilines is 1. The van der Waals surface area contributed by atoms with E-state index in [4.69, 9.17) is 0 Å². The van der Waals surface area contributed by atoms with Crippen LogP contribution >= 0.6 is 15.9 Å². The first-order chi connectivity index (χ1) is 10.2. The van der Waals surface area contributed by atoms with Crippen molar-refractivity contribution in [3.63, 3.8) is 0 Å². The number of hydrogen-bond donors (Lipinski definition) is 1. The number of aryl methyl sites for hydroxylation is 1. The molecule has 5 nitrogen and oxygen atoms in total. The molecule has 1 N–H and O–H groups in total. The number of nitrogens with zero attached hydrogens (tertiary/aromatic N) is 3. The van der Waals surface area contributed by atoms with E-state index in [-0.39, 0.29) is 5.56 Å². The molecule has 0 saturated carbocycles. The Morgan fingerprint density at radius 1 is 1.38 bits per heavy atom. The number of halogens is 1. The summed E-state index contributed by atoms with van der Waals surface area (Å²) in [5, 5.41) is 7.74. The van der Waals surface area contributed by atoms with Gasteiger partial charge in [-0.1, -0.05) is 20.3 Å². The van der Waals surface area contributed by atoms with Gasteiger partial charge < -0.3 is 10.2 Å². The molecule has 0 atom stereocenters. The van der Waals surface area contributed by atoms with Crippen LogP contribution in [0.1, 0.15) is 39.5 Å². The molecule has 2 heterocycles. The van der Waals surface area contributed by atoms with Crippen LogP contribution in [0.2, 0.25) is 0 Å². The summed E-state index contributed by atoms with van der Waals surface area (Å²) >= 11 is 3.43. The molecule has 2 rings (SSSR count). The van der Waals surface area contributed by atoms with E-state index in [9.17, 15) is 4.79 Å². The number of hydrogen-bond acceptors (Lipinski definition) is 4. The molecule has 1 aliphatic rings. The lowest BCUT2D eigenvalue weighted by Gasteiger charge is -2.32. The van der Waals surface area contributed by atoms with Gasteiger partial charge in [0.2, 0.25) is 0 Å². The number of nitrogens with one attached hydrogen (secondary N) is 1. The highest BCUT2D eigenvalue weighted by molar-refractivity contribution is 9.10. The summed E-state index contributed by atoms with van der Waals surface area (Å²) in [5.41, 5.74) is 0.780. The maximum Gasteiger partial charge on any atom is 0.283 e. The quantitative estimate of drug-likeness (QED) is 0.851. The standard InChI is InChI=1S/C15H25BrN4O/c1-3-5-8-20-15(21)14(16)13(11-17-20)18-12-6-9-19(4-2)10-7-12/h11-12,18H,3-10H2,1-2H3. The van der Waals surface area contributed by atoms with Crippen LogP contribution in [0.5, 0.6) is 0 Å². The molecule has 0 bridgehead atoms. The van der Waals surface area contributed by atoms with Crippen molar-refractivity contribution in [3.8, 4) is 0 Å².